The van der Waals surface area contributed by atoms with E-state index in [1.165, 1.54) is 6.42 Å². The van der Waals surface area contributed by atoms with Crippen LogP contribution in [0.3, 0.4) is 0 Å². The van der Waals surface area contributed by atoms with Crippen molar-refractivity contribution in [3.8, 4) is 5.75 Å². The third kappa shape index (κ3) is 1.38. The Balaban J connectivity index is 2.25. The Bertz CT molecular complexity index is 542. The number of hydrogen-bond donors (Lipinski definition) is 1. The van der Waals surface area contributed by atoms with Gasteiger partial charge in [0, 0.05) is 16.4 Å². The molecule has 1 aromatic carbocycles. The second kappa shape index (κ2) is 4.00. The molecule has 0 saturated heterocycles. The molecule has 3 atom stereocenters. The van der Waals surface area contributed by atoms with Gasteiger partial charge in [-0.2, -0.15) is 0 Å². The number of hydrogen-bond acceptors (Lipinski definition) is 2. The van der Waals surface area contributed by atoms with Crippen molar-refractivity contribution >= 4 is 0 Å². The summed E-state index contributed by atoms with van der Waals surface area (Å²) in [6.07, 6.45) is 3.46. The molecule has 2 fully saturated rings. The van der Waals surface area contributed by atoms with E-state index in [0.717, 1.165) is 29.7 Å². The minimum atomic E-state index is -0.805. The van der Waals surface area contributed by atoms with Crippen LogP contribution in [0.5, 0.6) is 5.75 Å². The van der Waals surface area contributed by atoms with Crippen molar-refractivity contribution in [1.82, 2.24) is 0 Å². The highest BCUT2D eigenvalue weighted by Crippen LogP contribution is 2.72. The molecule has 3 rings (SSSR count). The van der Waals surface area contributed by atoms with Crippen molar-refractivity contribution in [1.29, 1.82) is 0 Å². The maximum absolute atomic E-state index is 11.8. The number of ether oxygens (including phenoxy) is 1. The third-order valence-electron chi connectivity index (χ3n) is 6.37. The van der Waals surface area contributed by atoms with Gasteiger partial charge in [-0.05, 0) is 37.7 Å². The topological polar surface area (TPSA) is 29.5 Å². The molecule has 1 aromatic rings. The SMILES string of the molecule is COc1c(C)cccc1[C@]1(O)C(C)(C)[C@H]2CC[C@]1(C)C2. The number of aryl methyl sites for hydroxylation is 1. The fourth-order valence-electron chi connectivity index (χ4n) is 5.14. The molecule has 0 radical (unpaired) electrons. The summed E-state index contributed by atoms with van der Waals surface area (Å²) in [5.41, 5.74) is 1.12. The minimum Gasteiger partial charge on any atom is -0.496 e. The highest BCUT2D eigenvalue weighted by molar-refractivity contribution is 5.47. The van der Waals surface area contributed by atoms with Crippen LogP contribution in [0.15, 0.2) is 18.2 Å². The van der Waals surface area contributed by atoms with Crippen molar-refractivity contribution in [2.75, 3.05) is 7.11 Å². The molecule has 2 nitrogen and oxygen atoms in total. The zero-order valence-electron chi connectivity index (χ0n) is 13.3. The van der Waals surface area contributed by atoms with Crippen molar-refractivity contribution in [3.63, 3.8) is 0 Å². The maximum atomic E-state index is 11.8. The van der Waals surface area contributed by atoms with E-state index >= 15 is 0 Å². The Kier molecular flexibility index (Phi) is 2.79. The van der Waals surface area contributed by atoms with Crippen LogP contribution in [0.1, 0.15) is 51.2 Å². The molecule has 0 spiro atoms. The summed E-state index contributed by atoms with van der Waals surface area (Å²) in [6.45, 7) is 8.76. The Morgan fingerprint density at radius 1 is 1.25 bits per heavy atom. The predicted molar refractivity (Wildman–Crippen MR) is 80.9 cm³/mol. The summed E-state index contributed by atoms with van der Waals surface area (Å²) in [5.74, 6) is 1.46. The van der Waals surface area contributed by atoms with Crippen LogP contribution in [-0.2, 0) is 5.60 Å². The zero-order valence-corrected chi connectivity index (χ0v) is 13.3. The minimum absolute atomic E-state index is 0.0394. The summed E-state index contributed by atoms with van der Waals surface area (Å²) < 4.78 is 5.64. The van der Waals surface area contributed by atoms with Gasteiger partial charge in [-0.15, -0.1) is 0 Å². The summed E-state index contributed by atoms with van der Waals surface area (Å²) in [4.78, 5) is 0. The third-order valence-corrected chi connectivity index (χ3v) is 6.37. The molecule has 0 aromatic heterocycles. The standard InChI is InChI=1S/C18H26O2/c1-12-7-6-8-14(15(12)20-5)18(19)16(2,3)13-9-10-17(18,4)11-13/h6-8,13,19H,9-11H2,1-5H3/t13-,17+,18-/m0/s1. The summed E-state index contributed by atoms with van der Waals surface area (Å²) in [5, 5.41) is 11.8. The van der Waals surface area contributed by atoms with Gasteiger partial charge >= 0.3 is 0 Å². The van der Waals surface area contributed by atoms with E-state index in [1.54, 1.807) is 7.11 Å². The maximum Gasteiger partial charge on any atom is 0.127 e. The van der Waals surface area contributed by atoms with Crippen LogP contribution in [0.4, 0.5) is 0 Å². The Hall–Kier alpha value is -1.02. The molecule has 2 heteroatoms. The molecule has 2 aliphatic rings. The second-order valence-corrected chi connectivity index (χ2v) is 7.59. The number of methoxy groups -OCH3 is 1. The van der Waals surface area contributed by atoms with Crippen molar-refractivity contribution in [2.24, 2.45) is 16.7 Å². The van der Waals surface area contributed by atoms with Gasteiger partial charge in [0.1, 0.15) is 11.4 Å². The molecule has 20 heavy (non-hydrogen) atoms. The highest BCUT2D eigenvalue weighted by atomic mass is 16.5. The van der Waals surface area contributed by atoms with Crippen LogP contribution in [0.2, 0.25) is 0 Å². The fourth-order valence-corrected chi connectivity index (χ4v) is 5.14. The van der Waals surface area contributed by atoms with E-state index < -0.39 is 5.60 Å². The van der Waals surface area contributed by atoms with Gasteiger partial charge in [0.05, 0.1) is 7.11 Å². The summed E-state index contributed by atoms with van der Waals surface area (Å²) >= 11 is 0. The molecule has 2 aliphatic carbocycles. The van der Waals surface area contributed by atoms with Crippen LogP contribution in [0.25, 0.3) is 0 Å². The number of rotatable bonds is 2. The van der Waals surface area contributed by atoms with Gasteiger partial charge in [-0.25, -0.2) is 0 Å². The molecular formula is C18H26O2. The molecule has 0 amide bonds. The first-order chi connectivity index (χ1) is 9.28. The average Bonchev–Trinajstić information content (AvgIpc) is 2.86. The lowest BCUT2D eigenvalue weighted by Crippen LogP contribution is -2.51. The largest absolute Gasteiger partial charge is 0.496 e. The molecule has 0 heterocycles. The smallest absolute Gasteiger partial charge is 0.127 e. The molecule has 0 unspecified atom stereocenters. The Labute approximate surface area is 122 Å². The van der Waals surface area contributed by atoms with E-state index in [4.69, 9.17) is 4.74 Å². The molecule has 0 aliphatic heterocycles. The summed E-state index contributed by atoms with van der Waals surface area (Å²) in [7, 11) is 1.71. The van der Waals surface area contributed by atoms with Gasteiger partial charge in [0.2, 0.25) is 0 Å². The van der Waals surface area contributed by atoms with E-state index in [9.17, 15) is 5.11 Å². The van der Waals surface area contributed by atoms with Crippen molar-refractivity contribution in [3.05, 3.63) is 29.3 Å². The number of para-hydroxylation sites is 1. The van der Waals surface area contributed by atoms with Crippen LogP contribution < -0.4 is 4.74 Å². The molecule has 2 bridgehead atoms. The van der Waals surface area contributed by atoms with Crippen LogP contribution in [0, 0.1) is 23.7 Å². The van der Waals surface area contributed by atoms with Crippen LogP contribution >= 0.6 is 0 Å². The van der Waals surface area contributed by atoms with Gasteiger partial charge in [-0.1, -0.05) is 39.0 Å². The lowest BCUT2D eigenvalue weighted by molar-refractivity contribution is -0.151. The molecule has 110 valence electrons. The lowest BCUT2D eigenvalue weighted by atomic mass is 9.57. The predicted octanol–water partition coefficient (Wildman–Crippen LogP) is 4.04. The van der Waals surface area contributed by atoms with E-state index in [-0.39, 0.29) is 10.8 Å². The number of aliphatic hydroxyl groups is 1. The van der Waals surface area contributed by atoms with Gasteiger partial charge in [-0.3, -0.25) is 0 Å². The first kappa shape index (κ1) is 13.9. The van der Waals surface area contributed by atoms with Gasteiger partial charge < -0.3 is 9.84 Å². The normalized spacial score (nSPS) is 38.2. The van der Waals surface area contributed by atoms with Crippen molar-refractivity contribution in [2.45, 2.75) is 52.6 Å². The monoisotopic (exact) mass is 274 g/mol. The van der Waals surface area contributed by atoms with Crippen LogP contribution in [-0.4, -0.2) is 12.2 Å². The highest BCUT2D eigenvalue weighted by Gasteiger charge is 2.69. The molecule has 1 N–H and O–H groups in total. The first-order valence-corrected chi connectivity index (χ1v) is 7.64. The second-order valence-electron chi connectivity index (χ2n) is 7.59. The van der Waals surface area contributed by atoms with Gasteiger partial charge in [0.25, 0.3) is 0 Å². The average molecular weight is 274 g/mol. The zero-order chi connectivity index (χ0) is 14.8. The summed E-state index contributed by atoms with van der Waals surface area (Å²) in [6, 6.07) is 6.14. The Morgan fingerprint density at radius 2 is 1.95 bits per heavy atom. The fraction of sp³-hybridized carbons (Fsp3) is 0.667. The van der Waals surface area contributed by atoms with E-state index in [1.807, 2.05) is 19.1 Å². The lowest BCUT2D eigenvalue weighted by Gasteiger charge is -2.51. The van der Waals surface area contributed by atoms with Gasteiger partial charge in [0.15, 0.2) is 0 Å². The van der Waals surface area contributed by atoms with Crippen molar-refractivity contribution < 1.29 is 9.84 Å². The number of benzene rings is 1. The van der Waals surface area contributed by atoms with E-state index in [2.05, 4.69) is 26.8 Å². The quantitative estimate of drug-likeness (QED) is 0.882. The Morgan fingerprint density at radius 3 is 2.50 bits per heavy atom. The molecule has 2 saturated carbocycles. The molecular weight excluding hydrogens is 248 g/mol. The van der Waals surface area contributed by atoms with E-state index in [0.29, 0.717) is 5.92 Å². The number of fused-ring (bicyclic) bond motifs is 2. The first-order valence-electron chi connectivity index (χ1n) is 7.64.